The van der Waals surface area contributed by atoms with Crippen molar-refractivity contribution in [3.63, 3.8) is 0 Å². The van der Waals surface area contributed by atoms with E-state index in [0.29, 0.717) is 13.1 Å². The molecule has 24 heavy (non-hydrogen) atoms. The minimum Gasteiger partial charge on any atom is -0.471 e. The number of alkyl halides is 3. The molecule has 132 valence electrons. The van der Waals surface area contributed by atoms with E-state index in [4.69, 9.17) is 4.74 Å². The van der Waals surface area contributed by atoms with Crippen LogP contribution in [-0.4, -0.2) is 60.0 Å². The van der Waals surface area contributed by atoms with Gasteiger partial charge in [0.05, 0.1) is 24.6 Å². The molecule has 1 amide bonds. The molecule has 0 N–H and O–H groups in total. The zero-order chi connectivity index (χ0) is 17.3. The van der Waals surface area contributed by atoms with Crippen molar-refractivity contribution in [2.24, 2.45) is 5.92 Å². The first-order chi connectivity index (χ1) is 11.3. The SMILES string of the molecule is CN1CCCC(C(=O)N2CC(Oc3cc(C(F)(F)F)ccn3)C2)C1. The Kier molecular flexibility index (Phi) is 4.67. The third-order valence-corrected chi connectivity index (χ3v) is 4.48. The number of rotatable bonds is 3. The largest absolute Gasteiger partial charge is 0.471 e. The summed E-state index contributed by atoms with van der Waals surface area (Å²) in [6.07, 6.45) is -1.74. The number of likely N-dealkylation sites (tertiary alicyclic amines) is 2. The molecular weight excluding hydrogens is 323 g/mol. The average Bonchev–Trinajstić information content (AvgIpc) is 2.49. The molecule has 3 rings (SSSR count). The molecular formula is C16H20F3N3O2. The van der Waals surface area contributed by atoms with Gasteiger partial charge in [-0.1, -0.05) is 0 Å². The minimum atomic E-state index is -4.42. The number of pyridine rings is 1. The zero-order valence-corrected chi connectivity index (χ0v) is 13.4. The highest BCUT2D eigenvalue weighted by Crippen LogP contribution is 2.31. The number of nitrogens with zero attached hydrogens (tertiary/aromatic N) is 3. The summed E-state index contributed by atoms with van der Waals surface area (Å²) in [5.41, 5.74) is -0.787. The fourth-order valence-corrected chi connectivity index (χ4v) is 3.14. The molecule has 2 aliphatic rings. The van der Waals surface area contributed by atoms with Gasteiger partial charge in [0.1, 0.15) is 6.10 Å². The van der Waals surface area contributed by atoms with E-state index in [-0.39, 0.29) is 23.8 Å². The lowest BCUT2D eigenvalue weighted by atomic mass is 9.95. The highest BCUT2D eigenvalue weighted by molar-refractivity contribution is 5.80. The number of hydrogen-bond donors (Lipinski definition) is 0. The summed E-state index contributed by atoms with van der Waals surface area (Å²) >= 11 is 0. The molecule has 2 fully saturated rings. The van der Waals surface area contributed by atoms with Crippen LogP contribution in [0.2, 0.25) is 0 Å². The highest BCUT2D eigenvalue weighted by Gasteiger charge is 2.37. The van der Waals surface area contributed by atoms with Crippen molar-refractivity contribution in [3.05, 3.63) is 23.9 Å². The predicted octanol–water partition coefficient (Wildman–Crippen LogP) is 2.03. The number of aromatic nitrogens is 1. The summed E-state index contributed by atoms with van der Waals surface area (Å²) in [6, 6.07) is 1.80. The molecule has 1 unspecified atom stereocenters. The first-order valence-electron chi connectivity index (χ1n) is 8.00. The molecule has 0 saturated carbocycles. The van der Waals surface area contributed by atoms with Crippen LogP contribution in [0.25, 0.3) is 0 Å². The topological polar surface area (TPSA) is 45.7 Å². The smallest absolute Gasteiger partial charge is 0.416 e. The van der Waals surface area contributed by atoms with E-state index in [9.17, 15) is 18.0 Å². The van der Waals surface area contributed by atoms with E-state index in [1.54, 1.807) is 4.90 Å². The average molecular weight is 343 g/mol. The van der Waals surface area contributed by atoms with E-state index in [0.717, 1.165) is 44.3 Å². The second-order valence-electron chi connectivity index (χ2n) is 6.46. The summed E-state index contributed by atoms with van der Waals surface area (Å²) in [5, 5.41) is 0. The van der Waals surface area contributed by atoms with Crippen LogP contribution in [0.4, 0.5) is 13.2 Å². The molecule has 8 heteroatoms. The zero-order valence-electron chi connectivity index (χ0n) is 13.4. The summed E-state index contributed by atoms with van der Waals surface area (Å²) in [6.45, 7) is 2.57. The lowest BCUT2D eigenvalue weighted by Crippen LogP contribution is -2.58. The Morgan fingerprint density at radius 1 is 1.33 bits per heavy atom. The van der Waals surface area contributed by atoms with Crippen LogP contribution in [0.1, 0.15) is 18.4 Å². The van der Waals surface area contributed by atoms with Crippen LogP contribution in [-0.2, 0) is 11.0 Å². The molecule has 1 atom stereocenters. The van der Waals surface area contributed by atoms with Crippen molar-refractivity contribution in [2.45, 2.75) is 25.1 Å². The predicted molar refractivity (Wildman–Crippen MR) is 80.5 cm³/mol. The van der Waals surface area contributed by atoms with E-state index in [2.05, 4.69) is 9.88 Å². The standard InChI is InChI=1S/C16H20F3N3O2/c1-21-6-2-3-11(8-21)15(23)22-9-13(10-22)24-14-7-12(4-5-20-14)16(17,18)19/h4-5,7,11,13H,2-3,6,8-10H2,1H3. The Morgan fingerprint density at radius 2 is 2.08 bits per heavy atom. The van der Waals surface area contributed by atoms with Gasteiger partial charge in [-0.25, -0.2) is 4.98 Å². The fourth-order valence-electron chi connectivity index (χ4n) is 3.14. The van der Waals surface area contributed by atoms with Crippen molar-refractivity contribution in [1.82, 2.24) is 14.8 Å². The molecule has 2 aliphatic heterocycles. The van der Waals surface area contributed by atoms with Crippen LogP contribution in [0.3, 0.4) is 0 Å². The van der Waals surface area contributed by atoms with E-state index >= 15 is 0 Å². The van der Waals surface area contributed by atoms with Crippen molar-refractivity contribution < 1.29 is 22.7 Å². The molecule has 0 radical (unpaired) electrons. The Balaban J connectivity index is 1.51. The third kappa shape index (κ3) is 3.80. The maximum absolute atomic E-state index is 12.7. The summed E-state index contributed by atoms with van der Waals surface area (Å²) in [5.74, 6) is 0.0640. The number of halogens is 3. The lowest BCUT2D eigenvalue weighted by Gasteiger charge is -2.41. The van der Waals surface area contributed by atoms with Gasteiger partial charge in [0, 0.05) is 18.8 Å². The second-order valence-corrected chi connectivity index (χ2v) is 6.46. The van der Waals surface area contributed by atoms with Crippen molar-refractivity contribution in [2.75, 3.05) is 33.2 Å². The monoisotopic (exact) mass is 343 g/mol. The molecule has 1 aromatic heterocycles. The highest BCUT2D eigenvalue weighted by atomic mass is 19.4. The first-order valence-corrected chi connectivity index (χ1v) is 8.00. The molecule has 0 aliphatic carbocycles. The van der Waals surface area contributed by atoms with Gasteiger partial charge in [0.25, 0.3) is 0 Å². The van der Waals surface area contributed by atoms with Crippen LogP contribution in [0.5, 0.6) is 5.88 Å². The maximum Gasteiger partial charge on any atom is 0.416 e. The van der Waals surface area contributed by atoms with E-state index in [1.165, 1.54) is 0 Å². The van der Waals surface area contributed by atoms with Crippen LogP contribution >= 0.6 is 0 Å². The molecule has 0 bridgehead atoms. The summed E-state index contributed by atoms with van der Waals surface area (Å²) in [7, 11) is 2.00. The Morgan fingerprint density at radius 3 is 2.75 bits per heavy atom. The van der Waals surface area contributed by atoms with Gasteiger partial charge in [-0.15, -0.1) is 0 Å². The maximum atomic E-state index is 12.7. The first kappa shape index (κ1) is 17.0. The summed E-state index contributed by atoms with van der Waals surface area (Å²) in [4.78, 5) is 20.1. The Labute approximate surface area is 138 Å². The van der Waals surface area contributed by atoms with Gasteiger partial charge < -0.3 is 14.5 Å². The van der Waals surface area contributed by atoms with Gasteiger partial charge in [0.2, 0.25) is 11.8 Å². The summed E-state index contributed by atoms with van der Waals surface area (Å²) < 4.78 is 43.5. The molecule has 0 aromatic carbocycles. The Hall–Kier alpha value is -1.83. The number of piperidine rings is 1. The molecule has 3 heterocycles. The van der Waals surface area contributed by atoms with E-state index in [1.807, 2.05) is 7.05 Å². The normalized spacial score (nSPS) is 23.0. The molecule has 0 spiro atoms. The molecule has 1 aromatic rings. The lowest BCUT2D eigenvalue weighted by molar-refractivity contribution is -0.146. The van der Waals surface area contributed by atoms with Crippen LogP contribution in [0.15, 0.2) is 18.3 Å². The van der Waals surface area contributed by atoms with Crippen molar-refractivity contribution in [1.29, 1.82) is 0 Å². The Bertz CT molecular complexity index is 602. The minimum absolute atomic E-state index is 0.0105. The van der Waals surface area contributed by atoms with Crippen LogP contribution < -0.4 is 4.74 Å². The van der Waals surface area contributed by atoms with Gasteiger partial charge in [-0.2, -0.15) is 13.2 Å². The number of carbonyl (C=O) groups is 1. The number of hydrogen-bond acceptors (Lipinski definition) is 4. The molecule has 2 saturated heterocycles. The van der Waals surface area contributed by atoms with E-state index < -0.39 is 11.7 Å². The van der Waals surface area contributed by atoms with Gasteiger partial charge in [0.15, 0.2) is 0 Å². The van der Waals surface area contributed by atoms with Crippen LogP contribution in [0, 0.1) is 5.92 Å². The van der Waals surface area contributed by atoms with Gasteiger partial charge in [-0.05, 0) is 32.5 Å². The van der Waals surface area contributed by atoms with Gasteiger partial charge in [-0.3, -0.25) is 4.79 Å². The molecule has 5 nitrogen and oxygen atoms in total. The quantitative estimate of drug-likeness (QED) is 0.843. The second kappa shape index (κ2) is 6.58. The number of ether oxygens (including phenoxy) is 1. The third-order valence-electron chi connectivity index (χ3n) is 4.48. The van der Waals surface area contributed by atoms with Crippen molar-refractivity contribution >= 4 is 5.91 Å². The fraction of sp³-hybridized carbons (Fsp3) is 0.625. The van der Waals surface area contributed by atoms with Gasteiger partial charge >= 0.3 is 6.18 Å². The number of carbonyl (C=O) groups excluding carboxylic acids is 1. The number of amides is 1. The van der Waals surface area contributed by atoms with Crippen molar-refractivity contribution in [3.8, 4) is 5.88 Å².